The third-order valence-corrected chi connectivity index (χ3v) is 8.17. The van der Waals surface area contributed by atoms with Gasteiger partial charge < -0.3 is 10.2 Å². The largest absolute Gasteiger partial charge is 0.352 e. The van der Waals surface area contributed by atoms with Crippen LogP contribution in [0.15, 0.2) is 83.8 Å². The Labute approximate surface area is 234 Å². The van der Waals surface area contributed by atoms with E-state index in [2.05, 4.69) is 5.32 Å². The Balaban J connectivity index is 2.08. The van der Waals surface area contributed by atoms with E-state index in [1.165, 1.54) is 41.3 Å². The van der Waals surface area contributed by atoms with Crippen LogP contribution in [0.1, 0.15) is 38.3 Å². The number of amides is 2. The van der Waals surface area contributed by atoms with Crippen molar-refractivity contribution >= 4 is 33.2 Å². The Bertz CT molecular complexity index is 1440. The third kappa shape index (κ3) is 7.23. The van der Waals surface area contributed by atoms with E-state index in [1.54, 1.807) is 25.1 Å². The molecule has 0 aliphatic carbocycles. The Morgan fingerprint density at radius 2 is 1.55 bits per heavy atom. The highest BCUT2D eigenvalue weighted by atomic mass is 32.2. The molecule has 11 heteroatoms. The molecule has 0 bridgehead atoms. The van der Waals surface area contributed by atoms with Crippen LogP contribution in [0.5, 0.6) is 0 Å². The van der Waals surface area contributed by atoms with Gasteiger partial charge in [-0.15, -0.1) is 0 Å². The molecule has 40 heavy (non-hydrogen) atoms. The maximum Gasteiger partial charge on any atom is 0.269 e. The van der Waals surface area contributed by atoms with Crippen LogP contribution in [0.25, 0.3) is 0 Å². The van der Waals surface area contributed by atoms with Crippen molar-refractivity contribution in [2.75, 3.05) is 10.8 Å². The predicted molar refractivity (Wildman–Crippen MR) is 153 cm³/mol. The SMILES string of the molecule is CCC(C(=O)NC(C)C)N(Cc1ccccc1C)C(=O)CN(c1ccc([N+](=O)[O-])cc1)S(=O)(=O)c1ccccc1. The Morgan fingerprint density at radius 1 is 0.950 bits per heavy atom. The molecule has 0 saturated heterocycles. The van der Waals surface area contributed by atoms with Crippen molar-refractivity contribution in [3.8, 4) is 0 Å². The smallest absolute Gasteiger partial charge is 0.269 e. The first-order valence-electron chi connectivity index (χ1n) is 12.9. The zero-order valence-corrected chi connectivity index (χ0v) is 23.8. The molecule has 3 rings (SSSR count). The summed E-state index contributed by atoms with van der Waals surface area (Å²) in [6.45, 7) is 6.80. The summed E-state index contributed by atoms with van der Waals surface area (Å²) >= 11 is 0. The van der Waals surface area contributed by atoms with Crippen molar-refractivity contribution in [1.82, 2.24) is 10.2 Å². The quantitative estimate of drug-likeness (QED) is 0.255. The summed E-state index contributed by atoms with van der Waals surface area (Å²) in [5.74, 6) is -0.931. The van der Waals surface area contributed by atoms with Crippen molar-refractivity contribution in [2.45, 2.75) is 57.6 Å². The highest BCUT2D eigenvalue weighted by Crippen LogP contribution is 2.27. The minimum absolute atomic E-state index is 0.0452. The van der Waals surface area contributed by atoms with Gasteiger partial charge in [-0.2, -0.15) is 0 Å². The number of carbonyl (C=O) groups excluding carboxylic acids is 2. The number of hydrogen-bond acceptors (Lipinski definition) is 6. The summed E-state index contributed by atoms with van der Waals surface area (Å²) in [6.07, 6.45) is 0.305. The number of nitro groups is 1. The summed E-state index contributed by atoms with van der Waals surface area (Å²) in [7, 11) is -4.25. The van der Waals surface area contributed by atoms with E-state index < -0.39 is 33.4 Å². The normalized spacial score (nSPS) is 12.0. The predicted octanol–water partition coefficient (Wildman–Crippen LogP) is 4.43. The van der Waals surface area contributed by atoms with E-state index >= 15 is 0 Å². The maximum absolute atomic E-state index is 14.0. The highest BCUT2D eigenvalue weighted by Gasteiger charge is 2.34. The molecule has 1 N–H and O–H groups in total. The Morgan fingerprint density at radius 3 is 2.10 bits per heavy atom. The van der Waals surface area contributed by atoms with E-state index in [9.17, 15) is 28.1 Å². The molecule has 2 amide bonds. The molecule has 0 fully saturated rings. The van der Waals surface area contributed by atoms with Crippen LogP contribution in [-0.2, 0) is 26.2 Å². The first kappa shape index (κ1) is 30.3. The molecule has 0 heterocycles. The molecule has 0 radical (unpaired) electrons. The van der Waals surface area contributed by atoms with Gasteiger partial charge in [-0.1, -0.05) is 49.4 Å². The number of benzene rings is 3. The van der Waals surface area contributed by atoms with E-state index in [4.69, 9.17) is 0 Å². The van der Waals surface area contributed by atoms with Gasteiger partial charge in [-0.25, -0.2) is 8.42 Å². The second kappa shape index (κ2) is 13.2. The van der Waals surface area contributed by atoms with E-state index in [0.717, 1.165) is 15.4 Å². The van der Waals surface area contributed by atoms with Gasteiger partial charge in [0.15, 0.2) is 0 Å². The van der Waals surface area contributed by atoms with Crippen LogP contribution >= 0.6 is 0 Å². The molecule has 3 aromatic rings. The lowest BCUT2D eigenvalue weighted by Gasteiger charge is -2.34. The van der Waals surface area contributed by atoms with Crippen molar-refractivity contribution in [3.05, 3.63) is 100 Å². The standard InChI is InChI=1S/C29H34N4O6S/c1-5-27(29(35)30-21(2)3)31(19-23-12-10-9-11-22(23)4)28(34)20-32(24-15-17-25(18-16-24)33(36)37)40(38,39)26-13-7-6-8-14-26/h6-18,21,27H,5,19-20H2,1-4H3,(H,30,35). The number of nitrogens with zero attached hydrogens (tertiary/aromatic N) is 3. The van der Waals surface area contributed by atoms with Gasteiger partial charge in [-0.05, 0) is 62.6 Å². The second-order valence-corrected chi connectivity index (χ2v) is 11.5. The molecule has 0 aromatic heterocycles. The first-order valence-corrected chi connectivity index (χ1v) is 14.4. The highest BCUT2D eigenvalue weighted by molar-refractivity contribution is 7.92. The number of hydrogen-bond donors (Lipinski definition) is 1. The lowest BCUT2D eigenvalue weighted by atomic mass is 10.1. The molecule has 10 nitrogen and oxygen atoms in total. The summed E-state index contributed by atoms with van der Waals surface area (Å²) in [5, 5.41) is 14.1. The number of anilines is 1. The number of non-ortho nitro benzene ring substituents is 1. The zero-order valence-electron chi connectivity index (χ0n) is 23.0. The first-order chi connectivity index (χ1) is 18.9. The second-order valence-electron chi connectivity index (χ2n) is 9.63. The van der Waals surface area contributed by atoms with Gasteiger partial charge in [0.25, 0.3) is 15.7 Å². The van der Waals surface area contributed by atoms with Crippen LogP contribution in [0.4, 0.5) is 11.4 Å². The molecule has 1 atom stereocenters. The Kier molecular flexibility index (Phi) is 10.0. The fraction of sp³-hybridized carbons (Fsp3) is 0.310. The van der Waals surface area contributed by atoms with E-state index in [1.807, 2.05) is 45.0 Å². The molecule has 1 unspecified atom stereocenters. The number of rotatable bonds is 12. The molecular weight excluding hydrogens is 532 g/mol. The number of sulfonamides is 1. The molecule has 0 aliphatic rings. The minimum atomic E-state index is -4.25. The van der Waals surface area contributed by atoms with Gasteiger partial charge in [0, 0.05) is 24.7 Å². The molecule has 0 aliphatic heterocycles. The van der Waals surface area contributed by atoms with Gasteiger partial charge in [0.2, 0.25) is 11.8 Å². The third-order valence-electron chi connectivity index (χ3n) is 6.38. The van der Waals surface area contributed by atoms with Crippen molar-refractivity contribution in [3.63, 3.8) is 0 Å². The van der Waals surface area contributed by atoms with Gasteiger partial charge in [-0.3, -0.25) is 24.0 Å². The van der Waals surface area contributed by atoms with Crippen molar-refractivity contribution < 1.29 is 22.9 Å². The summed E-state index contributed by atoms with van der Waals surface area (Å²) in [4.78, 5) is 39.2. The average molecular weight is 567 g/mol. The van der Waals surface area contributed by atoms with E-state index in [-0.39, 0.29) is 34.8 Å². The number of carbonyl (C=O) groups is 2. The summed E-state index contributed by atoms with van der Waals surface area (Å²) in [5.41, 5.74) is 1.60. The molecular formula is C29H34N4O6S. The molecule has 3 aromatic carbocycles. The lowest BCUT2D eigenvalue weighted by Crippen LogP contribution is -2.53. The fourth-order valence-electron chi connectivity index (χ4n) is 4.26. The Hall–Kier alpha value is -4.25. The summed E-state index contributed by atoms with van der Waals surface area (Å²) < 4.78 is 28.5. The van der Waals surface area contributed by atoms with Gasteiger partial charge >= 0.3 is 0 Å². The number of aryl methyl sites for hydroxylation is 1. The topological polar surface area (TPSA) is 130 Å². The van der Waals surface area contributed by atoms with Crippen LogP contribution < -0.4 is 9.62 Å². The molecule has 0 spiro atoms. The average Bonchev–Trinajstić information content (AvgIpc) is 2.92. The monoisotopic (exact) mass is 566 g/mol. The van der Waals surface area contributed by atoms with E-state index in [0.29, 0.717) is 6.42 Å². The fourth-order valence-corrected chi connectivity index (χ4v) is 5.70. The molecule has 212 valence electrons. The molecule has 0 saturated carbocycles. The number of nitrogens with one attached hydrogen (secondary N) is 1. The van der Waals surface area contributed by atoms with Gasteiger partial charge in [0.05, 0.1) is 15.5 Å². The van der Waals surface area contributed by atoms with Crippen molar-refractivity contribution in [2.24, 2.45) is 0 Å². The van der Waals surface area contributed by atoms with Crippen LogP contribution in [-0.4, -0.2) is 48.7 Å². The van der Waals surface area contributed by atoms with Crippen molar-refractivity contribution in [1.29, 1.82) is 0 Å². The van der Waals surface area contributed by atoms with Crippen LogP contribution in [0.2, 0.25) is 0 Å². The maximum atomic E-state index is 14.0. The number of nitro benzene ring substituents is 1. The van der Waals surface area contributed by atoms with Crippen LogP contribution in [0.3, 0.4) is 0 Å². The minimum Gasteiger partial charge on any atom is -0.352 e. The zero-order chi connectivity index (χ0) is 29.4. The van der Waals surface area contributed by atoms with Gasteiger partial charge in [0.1, 0.15) is 12.6 Å². The summed E-state index contributed by atoms with van der Waals surface area (Å²) in [6, 6.07) is 19.0. The van der Waals surface area contributed by atoms with Crippen LogP contribution in [0, 0.1) is 17.0 Å². The lowest BCUT2D eigenvalue weighted by molar-refractivity contribution is -0.384.